The van der Waals surface area contributed by atoms with E-state index in [9.17, 15) is 0 Å². The van der Waals surface area contributed by atoms with Gasteiger partial charge in [0.15, 0.2) is 0 Å². The molecule has 0 unspecified atom stereocenters. The molecule has 0 aromatic heterocycles. The summed E-state index contributed by atoms with van der Waals surface area (Å²) in [7, 11) is -0.212. The number of hydrogen-bond acceptors (Lipinski definition) is 2. The van der Waals surface area contributed by atoms with Crippen molar-refractivity contribution in [3.8, 4) is 11.5 Å². The second kappa shape index (κ2) is 7.32. The predicted octanol–water partition coefficient (Wildman–Crippen LogP) is 6.43. The number of halogens is 1. The van der Waals surface area contributed by atoms with Gasteiger partial charge in [-0.05, 0) is 47.5 Å². The number of hydrogen-bond donors (Lipinski definition) is 0. The summed E-state index contributed by atoms with van der Waals surface area (Å²) in [6.07, 6.45) is 0.841. The first-order chi connectivity index (χ1) is 11.1. The van der Waals surface area contributed by atoms with E-state index in [-0.39, 0.29) is 5.04 Å². The number of ether oxygens (including phenoxy) is 1. The first kappa shape index (κ1) is 19.1. The molecule has 2 nitrogen and oxygen atoms in total. The SMILES string of the molecule is COc1ccc(Cc2cccc(Br)c2)c(O[Si](C)(C)C(C)(C)C)c1. The highest BCUT2D eigenvalue weighted by Crippen LogP contribution is 2.39. The van der Waals surface area contributed by atoms with Crippen LogP contribution >= 0.6 is 15.9 Å². The van der Waals surface area contributed by atoms with Crippen molar-refractivity contribution >= 4 is 24.2 Å². The third kappa shape index (κ3) is 4.64. The average Bonchev–Trinajstić information content (AvgIpc) is 2.47. The Kier molecular flexibility index (Phi) is 5.81. The van der Waals surface area contributed by atoms with Gasteiger partial charge in [0.25, 0.3) is 0 Å². The van der Waals surface area contributed by atoms with Crippen LogP contribution in [0.5, 0.6) is 11.5 Å². The molecule has 0 aliphatic rings. The topological polar surface area (TPSA) is 18.5 Å². The van der Waals surface area contributed by atoms with E-state index >= 15 is 0 Å². The minimum atomic E-state index is -1.91. The molecule has 0 aliphatic heterocycles. The van der Waals surface area contributed by atoms with Gasteiger partial charge in [-0.1, -0.05) is 54.9 Å². The van der Waals surface area contributed by atoms with E-state index in [0.29, 0.717) is 0 Å². The molecule has 24 heavy (non-hydrogen) atoms. The van der Waals surface area contributed by atoms with Crippen molar-refractivity contribution in [2.75, 3.05) is 7.11 Å². The first-order valence-electron chi connectivity index (χ1n) is 8.23. The van der Waals surface area contributed by atoms with Gasteiger partial charge in [0, 0.05) is 17.0 Å². The summed E-state index contributed by atoms with van der Waals surface area (Å²) >= 11 is 3.55. The van der Waals surface area contributed by atoms with Gasteiger partial charge in [0.05, 0.1) is 7.11 Å². The molecule has 0 N–H and O–H groups in total. The second-order valence-electron chi connectivity index (χ2n) is 7.64. The zero-order valence-corrected chi connectivity index (χ0v) is 18.0. The van der Waals surface area contributed by atoms with Gasteiger partial charge in [-0.3, -0.25) is 0 Å². The minimum absolute atomic E-state index is 0.156. The summed E-state index contributed by atoms with van der Waals surface area (Å²) in [5.41, 5.74) is 2.45. The Morgan fingerprint density at radius 1 is 1.04 bits per heavy atom. The fourth-order valence-electron chi connectivity index (χ4n) is 2.20. The maximum atomic E-state index is 6.59. The van der Waals surface area contributed by atoms with Gasteiger partial charge in [0.2, 0.25) is 8.32 Å². The van der Waals surface area contributed by atoms with Gasteiger partial charge < -0.3 is 9.16 Å². The van der Waals surface area contributed by atoms with Gasteiger partial charge >= 0.3 is 0 Å². The monoisotopic (exact) mass is 406 g/mol. The highest BCUT2D eigenvalue weighted by Gasteiger charge is 2.39. The van der Waals surface area contributed by atoms with Crippen molar-refractivity contribution in [3.05, 3.63) is 58.1 Å². The second-order valence-corrected chi connectivity index (χ2v) is 13.3. The molecular formula is C20H27BrO2Si. The third-order valence-corrected chi connectivity index (χ3v) is 9.57. The summed E-state index contributed by atoms with van der Waals surface area (Å²) in [6, 6.07) is 14.6. The number of benzene rings is 2. The maximum absolute atomic E-state index is 6.59. The number of methoxy groups -OCH3 is 1. The lowest BCUT2D eigenvalue weighted by Gasteiger charge is -2.37. The quantitative estimate of drug-likeness (QED) is 0.532. The largest absolute Gasteiger partial charge is 0.543 e. The Bertz CT molecular complexity index is 705. The van der Waals surface area contributed by atoms with Gasteiger partial charge in [-0.15, -0.1) is 0 Å². The van der Waals surface area contributed by atoms with Crippen LogP contribution in [0.2, 0.25) is 18.1 Å². The molecule has 0 heterocycles. The van der Waals surface area contributed by atoms with E-state index < -0.39 is 8.32 Å². The fraction of sp³-hybridized carbons (Fsp3) is 0.400. The third-order valence-electron chi connectivity index (χ3n) is 4.73. The predicted molar refractivity (Wildman–Crippen MR) is 108 cm³/mol. The van der Waals surface area contributed by atoms with Crippen molar-refractivity contribution in [2.45, 2.75) is 45.3 Å². The molecule has 0 fully saturated rings. The van der Waals surface area contributed by atoms with E-state index in [2.05, 4.69) is 74.1 Å². The normalized spacial score (nSPS) is 12.1. The van der Waals surface area contributed by atoms with Gasteiger partial charge in [-0.2, -0.15) is 0 Å². The van der Waals surface area contributed by atoms with E-state index in [1.807, 2.05) is 18.2 Å². The minimum Gasteiger partial charge on any atom is -0.543 e. The molecule has 0 aliphatic carbocycles. The number of rotatable bonds is 5. The van der Waals surface area contributed by atoms with Crippen LogP contribution < -0.4 is 9.16 Å². The Balaban J connectivity index is 2.38. The van der Waals surface area contributed by atoms with E-state index in [1.54, 1.807) is 7.11 Å². The Hall–Kier alpha value is -1.26. The van der Waals surface area contributed by atoms with Crippen molar-refractivity contribution in [2.24, 2.45) is 0 Å². The van der Waals surface area contributed by atoms with Crippen LogP contribution in [0, 0.1) is 0 Å². The molecule has 0 radical (unpaired) electrons. The highest BCUT2D eigenvalue weighted by atomic mass is 79.9. The molecule has 2 rings (SSSR count). The zero-order valence-electron chi connectivity index (χ0n) is 15.4. The molecule has 2 aromatic carbocycles. The van der Waals surface area contributed by atoms with E-state index in [1.165, 1.54) is 11.1 Å². The van der Waals surface area contributed by atoms with Gasteiger partial charge in [-0.25, -0.2) is 0 Å². The van der Waals surface area contributed by atoms with Gasteiger partial charge in [0.1, 0.15) is 11.5 Å². The molecule has 0 bridgehead atoms. The lowest BCUT2D eigenvalue weighted by atomic mass is 10.0. The summed E-state index contributed by atoms with van der Waals surface area (Å²) in [5.74, 6) is 1.78. The fourth-order valence-corrected chi connectivity index (χ4v) is 3.69. The summed E-state index contributed by atoms with van der Waals surface area (Å²) < 4.78 is 13.1. The average molecular weight is 407 g/mol. The zero-order chi connectivity index (χ0) is 18.0. The molecule has 0 atom stereocenters. The van der Waals surface area contributed by atoms with Crippen LogP contribution in [0.4, 0.5) is 0 Å². The molecule has 2 aromatic rings. The van der Waals surface area contributed by atoms with Crippen molar-refractivity contribution in [1.82, 2.24) is 0 Å². The lowest BCUT2D eigenvalue weighted by Crippen LogP contribution is -2.44. The van der Waals surface area contributed by atoms with Crippen LogP contribution in [-0.4, -0.2) is 15.4 Å². The van der Waals surface area contributed by atoms with Crippen LogP contribution in [0.25, 0.3) is 0 Å². The molecule has 0 saturated carbocycles. The Morgan fingerprint density at radius 2 is 1.75 bits per heavy atom. The van der Waals surface area contributed by atoms with Crippen LogP contribution in [-0.2, 0) is 6.42 Å². The summed E-state index contributed by atoms with van der Waals surface area (Å²) in [4.78, 5) is 0. The van der Waals surface area contributed by atoms with Crippen molar-refractivity contribution in [3.63, 3.8) is 0 Å². The summed E-state index contributed by atoms with van der Waals surface area (Å²) in [5, 5.41) is 0.156. The van der Waals surface area contributed by atoms with E-state index in [0.717, 1.165) is 22.4 Å². The molecule has 4 heteroatoms. The molecular weight excluding hydrogens is 380 g/mol. The Labute approximate surface area is 155 Å². The van der Waals surface area contributed by atoms with Crippen LogP contribution in [0.1, 0.15) is 31.9 Å². The standard InChI is InChI=1S/C20H27BrO2Si/c1-20(2,3)24(5,6)23-19-14-18(22-4)11-10-16(19)12-15-8-7-9-17(21)13-15/h7-11,13-14H,12H2,1-6H3. The first-order valence-corrected chi connectivity index (χ1v) is 11.9. The molecule has 130 valence electrons. The van der Waals surface area contributed by atoms with E-state index in [4.69, 9.17) is 9.16 Å². The lowest BCUT2D eigenvalue weighted by molar-refractivity contribution is 0.410. The molecule has 0 amide bonds. The smallest absolute Gasteiger partial charge is 0.250 e. The Morgan fingerprint density at radius 3 is 2.33 bits per heavy atom. The van der Waals surface area contributed by atoms with Crippen molar-refractivity contribution in [1.29, 1.82) is 0 Å². The maximum Gasteiger partial charge on any atom is 0.250 e. The highest BCUT2D eigenvalue weighted by molar-refractivity contribution is 9.10. The molecule has 0 spiro atoms. The van der Waals surface area contributed by atoms with Crippen molar-refractivity contribution < 1.29 is 9.16 Å². The molecule has 0 saturated heterocycles. The van der Waals surface area contributed by atoms with Crippen LogP contribution in [0.15, 0.2) is 46.9 Å². The van der Waals surface area contributed by atoms with Crippen LogP contribution in [0.3, 0.4) is 0 Å². The summed E-state index contributed by atoms with van der Waals surface area (Å²) in [6.45, 7) is 11.3.